The monoisotopic (exact) mass is 149 g/mol. The van der Waals surface area contributed by atoms with Gasteiger partial charge < -0.3 is 13.0 Å². The first-order valence-corrected chi connectivity index (χ1v) is 4.77. The van der Waals surface area contributed by atoms with Crippen molar-refractivity contribution in [1.82, 2.24) is 0 Å². The molecule has 3 radical (unpaired) electrons. The van der Waals surface area contributed by atoms with Gasteiger partial charge >= 0.3 is 8.80 Å². The van der Waals surface area contributed by atoms with Gasteiger partial charge in [-0.1, -0.05) is 0 Å². The van der Waals surface area contributed by atoms with Crippen LogP contribution in [0.4, 0.5) is 0 Å². The summed E-state index contributed by atoms with van der Waals surface area (Å²) in [5, 5.41) is 0. The summed E-state index contributed by atoms with van der Waals surface area (Å²) < 4.78 is 14.5. The molecule has 3 nitrogen and oxygen atoms in total. The van der Waals surface area contributed by atoms with Crippen molar-refractivity contribution < 1.29 is 13.0 Å². The van der Waals surface area contributed by atoms with E-state index in [2.05, 4.69) is 10.5 Å². The minimum atomic E-state index is -2.26. The minimum absolute atomic E-state index is 1.55. The Labute approximate surface area is 53.9 Å². The largest absolute Gasteiger partial charge is 0.486 e. The van der Waals surface area contributed by atoms with E-state index in [1.54, 1.807) is 20.8 Å². The lowest BCUT2D eigenvalue weighted by molar-refractivity contribution is 0.175. The Bertz CT molecular complexity index is 55.3. The van der Waals surface area contributed by atoms with Gasteiger partial charge in [-0.25, -0.2) is 0 Å². The molecular weight excluding hydrogens is 140 g/mol. The zero-order chi connectivity index (χ0) is 6.62. The van der Waals surface area contributed by atoms with Gasteiger partial charge in [0.1, 0.15) is 0 Å². The van der Waals surface area contributed by atoms with Crippen molar-refractivity contribution in [3.63, 3.8) is 0 Å². The van der Waals surface area contributed by atoms with E-state index in [9.17, 15) is 0 Å². The molecule has 0 atom stereocenters. The molecule has 0 aromatic heterocycles. The van der Waals surface area contributed by atoms with E-state index in [0.29, 0.717) is 0 Å². The van der Waals surface area contributed by atoms with Crippen LogP contribution in [0.1, 0.15) is 0 Å². The van der Waals surface area contributed by atoms with Gasteiger partial charge in [-0.15, -0.1) is 0 Å². The lowest BCUT2D eigenvalue weighted by atomic mass is 11.8. The zero-order valence-corrected chi connectivity index (χ0v) is 7.22. The van der Waals surface area contributed by atoms with E-state index in [4.69, 9.17) is 13.0 Å². The molecule has 0 aliphatic rings. The topological polar surface area (TPSA) is 27.7 Å². The summed E-state index contributed by atoms with van der Waals surface area (Å²) in [7, 11) is 3.69. The SMILES string of the molecule is CO[Si](C)(OC)O[Si]. The molecule has 0 saturated carbocycles. The second-order valence-electron chi connectivity index (χ2n) is 1.37. The molecule has 0 amide bonds. The second kappa shape index (κ2) is 3.36. The Morgan fingerprint density at radius 2 is 1.62 bits per heavy atom. The van der Waals surface area contributed by atoms with Gasteiger partial charge in [0.2, 0.25) is 10.5 Å². The Morgan fingerprint density at radius 3 is 1.62 bits per heavy atom. The molecule has 0 aromatic rings. The van der Waals surface area contributed by atoms with Crippen molar-refractivity contribution in [2.24, 2.45) is 0 Å². The first-order chi connectivity index (χ1) is 3.68. The quantitative estimate of drug-likeness (QED) is 0.527. The maximum atomic E-state index is 4.88. The van der Waals surface area contributed by atoms with Gasteiger partial charge in [0, 0.05) is 20.8 Å². The molecule has 0 spiro atoms. The van der Waals surface area contributed by atoms with E-state index in [0.717, 1.165) is 0 Å². The molecule has 0 saturated heterocycles. The summed E-state index contributed by atoms with van der Waals surface area (Å²) in [4.78, 5) is 0. The second-order valence-corrected chi connectivity index (χ2v) is 4.73. The molecule has 8 heavy (non-hydrogen) atoms. The summed E-state index contributed by atoms with van der Waals surface area (Å²) >= 11 is 0. The van der Waals surface area contributed by atoms with Crippen LogP contribution < -0.4 is 0 Å². The van der Waals surface area contributed by atoms with E-state index in [1.165, 1.54) is 0 Å². The van der Waals surface area contributed by atoms with Crippen LogP contribution in [0, 0.1) is 0 Å². The molecule has 0 unspecified atom stereocenters. The Morgan fingerprint density at radius 1 is 1.25 bits per heavy atom. The Balaban J connectivity index is 3.58. The van der Waals surface area contributed by atoms with Crippen LogP contribution in [-0.2, 0) is 13.0 Å². The van der Waals surface area contributed by atoms with E-state index >= 15 is 0 Å². The van der Waals surface area contributed by atoms with Gasteiger partial charge in [0.25, 0.3) is 0 Å². The summed E-state index contributed by atoms with van der Waals surface area (Å²) in [6.07, 6.45) is 0. The first-order valence-electron chi connectivity index (χ1n) is 2.13. The average molecular weight is 149 g/mol. The van der Waals surface area contributed by atoms with E-state index < -0.39 is 8.80 Å². The molecule has 0 rings (SSSR count). The molecule has 0 aliphatic carbocycles. The van der Waals surface area contributed by atoms with Crippen LogP contribution >= 0.6 is 0 Å². The Kier molecular flexibility index (Phi) is 3.49. The normalized spacial score (nSPS) is 12.0. The van der Waals surface area contributed by atoms with E-state index in [-0.39, 0.29) is 0 Å². The fourth-order valence-electron chi connectivity index (χ4n) is 0.167. The molecule has 0 aliphatic heterocycles. The average Bonchev–Trinajstić information content (AvgIpc) is 1.87. The summed E-state index contributed by atoms with van der Waals surface area (Å²) in [6, 6.07) is 0. The third-order valence-electron chi connectivity index (χ3n) is 0.927. The molecule has 0 N–H and O–H groups in total. The molecular formula is C3H9O3Si2. The molecule has 0 bridgehead atoms. The van der Waals surface area contributed by atoms with Gasteiger partial charge in [0.15, 0.2) is 0 Å². The van der Waals surface area contributed by atoms with Crippen LogP contribution in [0.15, 0.2) is 0 Å². The van der Waals surface area contributed by atoms with Crippen molar-refractivity contribution in [2.75, 3.05) is 14.2 Å². The maximum absolute atomic E-state index is 4.88. The van der Waals surface area contributed by atoms with Crippen LogP contribution in [-0.4, -0.2) is 33.5 Å². The van der Waals surface area contributed by atoms with E-state index in [1.807, 2.05) is 0 Å². The lowest BCUT2D eigenvalue weighted by Gasteiger charge is -2.18. The van der Waals surface area contributed by atoms with Gasteiger partial charge in [-0.3, -0.25) is 0 Å². The molecule has 47 valence electrons. The predicted molar refractivity (Wildman–Crippen MR) is 32.5 cm³/mol. The lowest BCUT2D eigenvalue weighted by Crippen LogP contribution is -2.39. The van der Waals surface area contributed by atoms with Crippen LogP contribution in [0.3, 0.4) is 0 Å². The van der Waals surface area contributed by atoms with Gasteiger partial charge in [0.05, 0.1) is 0 Å². The fraction of sp³-hybridized carbons (Fsp3) is 1.00. The molecule has 0 fully saturated rings. The third kappa shape index (κ3) is 2.06. The first kappa shape index (κ1) is 8.31. The summed E-state index contributed by atoms with van der Waals surface area (Å²) in [5.41, 5.74) is 0. The summed E-state index contributed by atoms with van der Waals surface area (Å²) in [5.74, 6) is 0. The number of hydrogen-bond acceptors (Lipinski definition) is 3. The highest BCUT2D eigenvalue weighted by atomic mass is 28.4. The highest BCUT2D eigenvalue weighted by molar-refractivity contribution is 6.62. The smallest absolute Gasteiger partial charge is 0.416 e. The van der Waals surface area contributed by atoms with Gasteiger partial charge in [-0.05, 0) is 0 Å². The highest BCUT2D eigenvalue weighted by Gasteiger charge is 2.28. The molecule has 0 aromatic carbocycles. The highest BCUT2D eigenvalue weighted by Crippen LogP contribution is 2.01. The molecule has 5 heteroatoms. The molecule has 0 heterocycles. The zero-order valence-electron chi connectivity index (χ0n) is 5.22. The van der Waals surface area contributed by atoms with Crippen LogP contribution in [0.5, 0.6) is 0 Å². The fourth-order valence-corrected chi connectivity index (χ4v) is 1.00. The predicted octanol–water partition coefficient (Wildman–Crippen LogP) is -0.0520. The standard InChI is InChI=1S/C3H9O3Si2/c1-4-8(3,5-2)6-7/h1-3H3. The maximum Gasteiger partial charge on any atom is 0.486 e. The number of rotatable bonds is 3. The number of hydrogen-bond donors (Lipinski definition) is 0. The van der Waals surface area contributed by atoms with Crippen molar-refractivity contribution in [3.05, 3.63) is 0 Å². The van der Waals surface area contributed by atoms with Gasteiger partial charge in [-0.2, -0.15) is 0 Å². The minimum Gasteiger partial charge on any atom is -0.416 e. The third-order valence-corrected chi connectivity index (χ3v) is 3.89. The van der Waals surface area contributed by atoms with Crippen molar-refractivity contribution in [1.29, 1.82) is 0 Å². The van der Waals surface area contributed by atoms with Crippen LogP contribution in [0.2, 0.25) is 6.55 Å². The van der Waals surface area contributed by atoms with Crippen molar-refractivity contribution in [3.8, 4) is 0 Å². The Hall–Kier alpha value is 0.314. The van der Waals surface area contributed by atoms with Crippen LogP contribution in [0.25, 0.3) is 0 Å². The van der Waals surface area contributed by atoms with Crippen molar-refractivity contribution >= 4 is 19.3 Å². The van der Waals surface area contributed by atoms with Crippen molar-refractivity contribution in [2.45, 2.75) is 6.55 Å². The summed E-state index contributed by atoms with van der Waals surface area (Å²) in [6.45, 7) is 1.78.